The van der Waals surface area contributed by atoms with Crippen molar-refractivity contribution < 1.29 is 19.1 Å². The van der Waals surface area contributed by atoms with Gasteiger partial charge in [-0.25, -0.2) is 9.78 Å². The normalized spacial score (nSPS) is 16.4. The van der Waals surface area contributed by atoms with Gasteiger partial charge in [0.05, 0.1) is 24.3 Å². The second-order valence-electron chi connectivity index (χ2n) is 9.72. The Balaban J connectivity index is 1.72. The molecule has 9 nitrogen and oxygen atoms in total. The summed E-state index contributed by atoms with van der Waals surface area (Å²) in [4.78, 5) is 33.4. The Kier molecular flexibility index (Phi) is 7.97. The molecule has 186 valence electrons. The SMILES string of the molecule is COc1ccc(C(=O)Nc2cc(C#N)cc(CN3CCN(C(=O)OC(C)(C)C)[C@@H](C)C3)c2C)cn1. The minimum atomic E-state index is -0.536. The zero-order valence-electron chi connectivity index (χ0n) is 21.2. The number of carbonyl (C=O) groups excluding carboxylic acids is 2. The van der Waals surface area contributed by atoms with Gasteiger partial charge < -0.3 is 19.7 Å². The van der Waals surface area contributed by atoms with Gasteiger partial charge in [0.1, 0.15) is 5.60 Å². The predicted octanol–water partition coefficient (Wildman–Crippen LogP) is 3.96. The lowest BCUT2D eigenvalue weighted by Crippen LogP contribution is -2.54. The zero-order chi connectivity index (χ0) is 25.8. The molecule has 1 fully saturated rings. The topological polar surface area (TPSA) is 108 Å². The number of piperazine rings is 1. The first kappa shape index (κ1) is 26.0. The summed E-state index contributed by atoms with van der Waals surface area (Å²) in [5.41, 5.74) is 2.74. The van der Waals surface area contributed by atoms with Crippen LogP contribution >= 0.6 is 0 Å². The molecule has 0 unspecified atom stereocenters. The van der Waals surface area contributed by atoms with Crippen molar-refractivity contribution in [2.24, 2.45) is 0 Å². The van der Waals surface area contributed by atoms with Crippen LogP contribution in [-0.4, -0.2) is 65.2 Å². The third-order valence-corrected chi connectivity index (χ3v) is 5.83. The Labute approximate surface area is 206 Å². The first-order chi connectivity index (χ1) is 16.5. The third-order valence-electron chi connectivity index (χ3n) is 5.83. The smallest absolute Gasteiger partial charge is 0.410 e. The highest BCUT2D eigenvalue weighted by atomic mass is 16.6. The zero-order valence-corrected chi connectivity index (χ0v) is 21.2. The summed E-state index contributed by atoms with van der Waals surface area (Å²) in [6, 6.07) is 8.96. The Morgan fingerprint density at radius 2 is 2.00 bits per heavy atom. The second kappa shape index (κ2) is 10.7. The number of benzene rings is 1. The van der Waals surface area contributed by atoms with Crippen molar-refractivity contribution in [3.05, 3.63) is 52.7 Å². The molecule has 1 saturated heterocycles. The molecule has 0 saturated carbocycles. The molecule has 1 aromatic heterocycles. The first-order valence-electron chi connectivity index (χ1n) is 11.6. The summed E-state index contributed by atoms with van der Waals surface area (Å²) in [6.07, 6.45) is 1.15. The lowest BCUT2D eigenvalue weighted by molar-refractivity contribution is 0.000533. The van der Waals surface area contributed by atoms with Crippen LogP contribution in [0.5, 0.6) is 5.88 Å². The monoisotopic (exact) mass is 479 g/mol. The highest BCUT2D eigenvalue weighted by molar-refractivity contribution is 6.04. The standard InChI is InChI=1S/C26H33N5O4/c1-17-15-30(9-10-31(17)25(33)35-26(3,4)5)16-21-11-19(13-27)12-22(18(21)2)29-24(32)20-7-8-23(34-6)28-14-20/h7-8,11-12,14,17H,9-10,15-16H2,1-6H3,(H,29,32)/t17-/m0/s1. The third kappa shape index (κ3) is 6.70. The van der Waals surface area contributed by atoms with E-state index < -0.39 is 5.60 Å². The minimum Gasteiger partial charge on any atom is -0.481 e. The molecule has 1 aliphatic rings. The number of pyridine rings is 1. The lowest BCUT2D eigenvalue weighted by atomic mass is 10.0. The van der Waals surface area contributed by atoms with Crippen molar-refractivity contribution in [2.75, 3.05) is 32.1 Å². The number of aromatic nitrogens is 1. The van der Waals surface area contributed by atoms with Gasteiger partial charge >= 0.3 is 6.09 Å². The van der Waals surface area contributed by atoms with Crippen molar-refractivity contribution in [3.8, 4) is 11.9 Å². The van der Waals surface area contributed by atoms with Crippen LogP contribution in [0.4, 0.5) is 10.5 Å². The maximum Gasteiger partial charge on any atom is 0.410 e. The number of rotatable bonds is 5. The number of nitrogens with one attached hydrogen (secondary N) is 1. The van der Waals surface area contributed by atoms with Gasteiger partial charge in [-0.3, -0.25) is 9.69 Å². The van der Waals surface area contributed by atoms with Crippen LogP contribution in [0, 0.1) is 18.3 Å². The fraction of sp³-hybridized carbons (Fsp3) is 0.462. The maximum atomic E-state index is 12.8. The van der Waals surface area contributed by atoms with Crippen LogP contribution < -0.4 is 10.1 Å². The van der Waals surface area contributed by atoms with Gasteiger partial charge in [0.15, 0.2) is 0 Å². The van der Waals surface area contributed by atoms with Crippen LogP contribution in [-0.2, 0) is 11.3 Å². The molecule has 1 N–H and O–H groups in total. The minimum absolute atomic E-state index is 0.0141. The maximum absolute atomic E-state index is 12.8. The van der Waals surface area contributed by atoms with Crippen LogP contribution in [0.25, 0.3) is 0 Å². The molecule has 2 aromatic rings. The summed E-state index contributed by atoms with van der Waals surface area (Å²) in [5, 5.41) is 12.5. The van der Waals surface area contributed by atoms with Gasteiger partial charge in [-0.1, -0.05) is 0 Å². The molecular formula is C26H33N5O4. The number of amides is 2. The van der Waals surface area contributed by atoms with Gasteiger partial charge in [0.25, 0.3) is 5.91 Å². The quantitative estimate of drug-likeness (QED) is 0.691. The molecule has 0 radical (unpaired) electrons. The highest BCUT2D eigenvalue weighted by Crippen LogP contribution is 2.25. The predicted molar refractivity (Wildman–Crippen MR) is 132 cm³/mol. The van der Waals surface area contributed by atoms with Gasteiger partial charge in [0.2, 0.25) is 5.88 Å². The van der Waals surface area contributed by atoms with Crippen LogP contribution in [0.2, 0.25) is 0 Å². The van der Waals surface area contributed by atoms with Gasteiger partial charge in [-0.2, -0.15) is 5.26 Å². The molecule has 35 heavy (non-hydrogen) atoms. The van der Waals surface area contributed by atoms with E-state index in [0.29, 0.717) is 48.9 Å². The van der Waals surface area contributed by atoms with E-state index in [4.69, 9.17) is 9.47 Å². The van der Waals surface area contributed by atoms with Gasteiger partial charge in [0, 0.05) is 50.2 Å². The Morgan fingerprint density at radius 1 is 1.26 bits per heavy atom. The fourth-order valence-electron chi connectivity index (χ4n) is 3.97. The Hall–Kier alpha value is -3.64. The molecule has 2 amide bonds. The molecule has 0 aliphatic carbocycles. The number of methoxy groups -OCH3 is 1. The summed E-state index contributed by atoms with van der Waals surface area (Å²) in [5.74, 6) is 0.108. The Morgan fingerprint density at radius 3 is 2.57 bits per heavy atom. The molecule has 1 atom stereocenters. The van der Waals surface area contributed by atoms with Crippen LogP contribution in [0.3, 0.4) is 0 Å². The number of anilines is 1. The summed E-state index contributed by atoms with van der Waals surface area (Å²) in [6.45, 7) is 12.0. The van der Waals surface area contributed by atoms with E-state index in [1.54, 1.807) is 23.1 Å². The van der Waals surface area contributed by atoms with Crippen molar-refractivity contribution >= 4 is 17.7 Å². The number of nitrogens with zero attached hydrogens (tertiary/aromatic N) is 4. The number of ether oxygens (including phenoxy) is 2. The summed E-state index contributed by atoms with van der Waals surface area (Å²) >= 11 is 0. The number of carbonyl (C=O) groups is 2. The average molecular weight is 480 g/mol. The van der Waals surface area contributed by atoms with Crippen molar-refractivity contribution in [3.63, 3.8) is 0 Å². The first-order valence-corrected chi connectivity index (χ1v) is 11.6. The average Bonchev–Trinajstić information content (AvgIpc) is 2.80. The fourth-order valence-corrected chi connectivity index (χ4v) is 3.97. The van der Waals surface area contributed by atoms with E-state index >= 15 is 0 Å². The highest BCUT2D eigenvalue weighted by Gasteiger charge is 2.31. The molecule has 0 spiro atoms. The van der Waals surface area contributed by atoms with Gasteiger partial charge in [-0.15, -0.1) is 0 Å². The lowest BCUT2D eigenvalue weighted by Gasteiger charge is -2.40. The molecular weight excluding hydrogens is 446 g/mol. The van der Waals surface area contributed by atoms with Gasteiger partial charge in [-0.05, 0) is 63.9 Å². The van der Waals surface area contributed by atoms with E-state index in [1.165, 1.54) is 13.3 Å². The number of hydrogen-bond acceptors (Lipinski definition) is 7. The van der Waals surface area contributed by atoms with E-state index in [2.05, 4.69) is 21.3 Å². The van der Waals surface area contributed by atoms with E-state index in [0.717, 1.165) is 11.1 Å². The van der Waals surface area contributed by atoms with Crippen LogP contribution in [0.15, 0.2) is 30.5 Å². The van der Waals surface area contributed by atoms with E-state index in [-0.39, 0.29) is 18.0 Å². The molecule has 0 bridgehead atoms. The number of nitriles is 1. The van der Waals surface area contributed by atoms with E-state index in [9.17, 15) is 14.9 Å². The van der Waals surface area contributed by atoms with E-state index in [1.807, 2.05) is 40.7 Å². The molecule has 2 heterocycles. The van der Waals surface area contributed by atoms with Crippen LogP contribution in [0.1, 0.15) is 54.7 Å². The molecule has 3 rings (SSSR count). The summed E-state index contributed by atoms with van der Waals surface area (Å²) < 4.78 is 10.6. The summed E-state index contributed by atoms with van der Waals surface area (Å²) in [7, 11) is 1.51. The number of hydrogen-bond donors (Lipinski definition) is 1. The molecule has 9 heteroatoms. The van der Waals surface area contributed by atoms with Crippen molar-refractivity contribution in [2.45, 2.75) is 52.8 Å². The van der Waals surface area contributed by atoms with Crippen molar-refractivity contribution in [1.29, 1.82) is 5.26 Å². The molecule has 1 aliphatic heterocycles. The van der Waals surface area contributed by atoms with Crippen molar-refractivity contribution in [1.82, 2.24) is 14.8 Å². The second-order valence-corrected chi connectivity index (χ2v) is 9.72. The molecule has 1 aromatic carbocycles. The Bertz CT molecular complexity index is 1120. The largest absolute Gasteiger partial charge is 0.481 e.